The third-order valence-electron chi connectivity index (χ3n) is 4.03. The number of Topliss-reactive ketones (excluding diaryl/α,β-unsaturated/α-hetero) is 1. The van der Waals surface area contributed by atoms with Gasteiger partial charge in [-0.3, -0.25) is 9.59 Å². The molecule has 5 heteroatoms. The average Bonchev–Trinajstić information content (AvgIpc) is 3.09. The third-order valence-corrected chi connectivity index (χ3v) is 4.03. The zero-order valence-electron chi connectivity index (χ0n) is 14.0. The van der Waals surface area contributed by atoms with E-state index in [0.717, 1.165) is 22.2 Å². The van der Waals surface area contributed by atoms with E-state index in [1.165, 1.54) is 0 Å². The first-order valence-corrected chi connectivity index (χ1v) is 8.05. The van der Waals surface area contributed by atoms with Crippen LogP contribution in [0.4, 0.5) is 0 Å². The van der Waals surface area contributed by atoms with Gasteiger partial charge in [0.25, 0.3) is 0 Å². The van der Waals surface area contributed by atoms with Crippen molar-refractivity contribution < 1.29 is 19.1 Å². The fourth-order valence-corrected chi connectivity index (χ4v) is 2.64. The van der Waals surface area contributed by atoms with Crippen LogP contribution in [-0.2, 0) is 16.0 Å². The summed E-state index contributed by atoms with van der Waals surface area (Å²) in [5, 5.41) is 0.835. The average molecular weight is 337 g/mol. The highest BCUT2D eigenvalue weighted by Gasteiger charge is 2.14. The molecule has 0 saturated carbocycles. The molecule has 3 aromatic rings. The van der Waals surface area contributed by atoms with Gasteiger partial charge in [-0.25, -0.2) is 0 Å². The second-order valence-electron chi connectivity index (χ2n) is 5.68. The minimum Gasteiger partial charge on any atom is -0.497 e. The molecule has 1 aromatic heterocycles. The van der Waals surface area contributed by atoms with E-state index in [-0.39, 0.29) is 24.8 Å². The van der Waals surface area contributed by atoms with Crippen LogP contribution in [0.1, 0.15) is 22.3 Å². The lowest BCUT2D eigenvalue weighted by Crippen LogP contribution is -2.14. The molecule has 0 aliphatic rings. The molecule has 5 nitrogen and oxygen atoms in total. The SMILES string of the molecule is COc1ccc(CCC(=O)OCC(=O)c2c[nH]c3ccccc23)cc1. The normalized spacial score (nSPS) is 10.6. The molecular weight excluding hydrogens is 318 g/mol. The van der Waals surface area contributed by atoms with Crippen LogP contribution in [0.2, 0.25) is 0 Å². The summed E-state index contributed by atoms with van der Waals surface area (Å²) in [5.74, 6) is 0.176. The maximum Gasteiger partial charge on any atom is 0.306 e. The van der Waals surface area contributed by atoms with Crippen molar-refractivity contribution in [3.63, 3.8) is 0 Å². The topological polar surface area (TPSA) is 68.4 Å². The molecule has 1 heterocycles. The summed E-state index contributed by atoms with van der Waals surface area (Å²) < 4.78 is 10.2. The van der Waals surface area contributed by atoms with Crippen molar-refractivity contribution in [2.75, 3.05) is 13.7 Å². The van der Waals surface area contributed by atoms with Crippen LogP contribution in [0, 0.1) is 0 Å². The van der Waals surface area contributed by atoms with Crippen molar-refractivity contribution >= 4 is 22.7 Å². The van der Waals surface area contributed by atoms with Crippen LogP contribution in [0.25, 0.3) is 10.9 Å². The molecule has 0 amide bonds. The number of hydrogen-bond donors (Lipinski definition) is 1. The number of methoxy groups -OCH3 is 1. The minimum atomic E-state index is -0.385. The van der Waals surface area contributed by atoms with Crippen molar-refractivity contribution in [3.05, 3.63) is 65.9 Å². The zero-order valence-corrected chi connectivity index (χ0v) is 14.0. The van der Waals surface area contributed by atoms with Gasteiger partial charge >= 0.3 is 5.97 Å². The molecule has 0 unspecified atom stereocenters. The van der Waals surface area contributed by atoms with Crippen LogP contribution in [-0.4, -0.2) is 30.5 Å². The first-order chi connectivity index (χ1) is 12.2. The highest BCUT2D eigenvalue weighted by atomic mass is 16.5. The van der Waals surface area contributed by atoms with Gasteiger partial charge in [0, 0.05) is 29.1 Å². The number of H-pyrrole nitrogens is 1. The summed E-state index contributed by atoms with van der Waals surface area (Å²) in [7, 11) is 1.61. The Bertz CT molecular complexity index is 880. The van der Waals surface area contributed by atoms with Crippen molar-refractivity contribution in [1.82, 2.24) is 4.98 Å². The van der Waals surface area contributed by atoms with Gasteiger partial charge in [0.05, 0.1) is 7.11 Å². The molecule has 0 radical (unpaired) electrons. The van der Waals surface area contributed by atoms with Gasteiger partial charge in [-0.1, -0.05) is 30.3 Å². The molecule has 0 aliphatic carbocycles. The van der Waals surface area contributed by atoms with E-state index in [1.807, 2.05) is 48.5 Å². The zero-order chi connectivity index (χ0) is 17.6. The number of aromatic nitrogens is 1. The number of fused-ring (bicyclic) bond motifs is 1. The molecule has 0 spiro atoms. The summed E-state index contributed by atoms with van der Waals surface area (Å²) in [4.78, 5) is 27.2. The lowest BCUT2D eigenvalue weighted by atomic mass is 10.1. The molecule has 1 N–H and O–H groups in total. The van der Waals surface area contributed by atoms with Gasteiger partial charge in [0.15, 0.2) is 6.61 Å². The van der Waals surface area contributed by atoms with Gasteiger partial charge in [-0.2, -0.15) is 0 Å². The molecule has 25 heavy (non-hydrogen) atoms. The molecule has 0 fully saturated rings. The highest BCUT2D eigenvalue weighted by molar-refractivity contribution is 6.08. The van der Waals surface area contributed by atoms with Crippen LogP contribution >= 0.6 is 0 Å². The smallest absolute Gasteiger partial charge is 0.306 e. The van der Waals surface area contributed by atoms with E-state index in [1.54, 1.807) is 13.3 Å². The number of aromatic amines is 1. The number of para-hydroxylation sites is 1. The Hall–Kier alpha value is -3.08. The molecule has 0 aliphatic heterocycles. The lowest BCUT2D eigenvalue weighted by Gasteiger charge is -2.05. The molecule has 0 saturated heterocycles. The highest BCUT2D eigenvalue weighted by Crippen LogP contribution is 2.18. The number of carbonyl (C=O) groups is 2. The molecule has 128 valence electrons. The van der Waals surface area contributed by atoms with Gasteiger partial charge < -0.3 is 14.5 Å². The van der Waals surface area contributed by atoms with Crippen molar-refractivity contribution in [1.29, 1.82) is 0 Å². The summed E-state index contributed by atoms with van der Waals surface area (Å²) in [5.41, 5.74) is 2.44. The van der Waals surface area contributed by atoms with E-state index in [9.17, 15) is 9.59 Å². The first kappa shape index (κ1) is 16.8. The minimum absolute atomic E-state index is 0.213. The van der Waals surface area contributed by atoms with E-state index < -0.39 is 0 Å². The fourth-order valence-electron chi connectivity index (χ4n) is 2.64. The Morgan fingerprint density at radius 2 is 1.80 bits per heavy atom. The number of aryl methyl sites for hydroxylation is 1. The molecule has 0 atom stereocenters. The Labute approximate surface area is 145 Å². The quantitative estimate of drug-likeness (QED) is 0.529. The number of ether oxygens (including phenoxy) is 2. The monoisotopic (exact) mass is 337 g/mol. The number of ketones is 1. The van der Waals surface area contributed by atoms with Crippen molar-refractivity contribution in [2.45, 2.75) is 12.8 Å². The Morgan fingerprint density at radius 3 is 2.56 bits per heavy atom. The second kappa shape index (κ2) is 7.66. The maximum absolute atomic E-state index is 12.3. The number of benzene rings is 2. The lowest BCUT2D eigenvalue weighted by molar-refractivity contribution is -0.142. The number of rotatable bonds is 7. The largest absolute Gasteiger partial charge is 0.497 e. The summed E-state index contributed by atoms with van der Waals surface area (Å²) in [6.07, 6.45) is 2.44. The number of carbonyl (C=O) groups excluding carboxylic acids is 2. The summed E-state index contributed by atoms with van der Waals surface area (Å²) in [6, 6.07) is 15.0. The van der Waals surface area contributed by atoms with Crippen molar-refractivity contribution in [2.24, 2.45) is 0 Å². The number of hydrogen-bond acceptors (Lipinski definition) is 4. The molecular formula is C20H19NO4. The van der Waals surface area contributed by atoms with Gasteiger partial charge in [-0.05, 0) is 30.2 Å². The van der Waals surface area contributed by atoms with Crippen molar-refractivity contribution in [3.8, 4) is 5.75 Å². The second-order valence-corrected chi connectivity index (χ2v) is 5.68. The Kier molecular flexibility index (Phi) is 5.14. The van der Waals surface area contributed by atoms with Gasteiger partial charge in [0.2, 0.25) is 5.78 Å². The van der Waals surface area contributed by atoms with Crippen LogP contribution in [0.15, 0.2) is 54.7 Å². The maximum atomic E-state index is 12.3. The standard InChI is InChI=1S/C20H19NO4/c1-24-15-9-6-14(7-10-15)8-11-20(23)25-13-19(22)17-12-21-18-5-3-2-4-16(17)18/h2-7,9-10,12,21H,8,11,13H2,1H3. The van der Waals surface area contributed by atoms with Crippen LogP contribution in [0.5, 0.6) is 5.75 Å². The predicted octanol–water partition coefficient (Wildman–Crippen LogP) is 3.54. The molecule has 0 bridgehead atoms. The van der Waals surface area contributed by atoms with Gasteiger partial charge in [0.1, 0.15) is 5.75 Å². The summed E-state index contributed by atoms with van der Waals surface area (Å²) in [6.45, 7) is -0.247. The molecule has 3 rings (SSSR count). The third kappa shape index (κ3) is 4.07. The predicted molar refractivity (Wildman–Crippen MR) is 94.9 cm³/mol. The van der Waals surface area contributed by atoms with E-state index >= 15 is 0 Å². The van der Waals surface area contributed by atoms with E-state index in [2.05, 4.69) is 4.98 Å². The van der Waals surface area contributed by atoms with E-state index in [4.69, 9.17) is 9.47 Å². The Morgan fingerprint density at radius 1 is 1.04 bits per heavy atom. The first-order valence-electron chi connectivity index (χ1n) is 8.05. The van der Waals surface area contributed by atoms with Crippen LogP contribution in [0.3, 0.4) is 0 Å². The van der Waals surface area contributed by atoms with E-state index in [0.29, 0.717) is 12.0 Å². The number of esters is 1. The number of nitrogens with one attached hydrogen (secondary N) is 1. The summed E-state index contributed by atoms with van der Waals surface area (Å²) >= 11 is 0. The Balaban J connectivity index is 1.50. The van der Waals surface area contributed by atoms with Gasteiger partial charge in [-0.15, -0.1) is 0 Å². The molecule has 2 aromatic carbocycles. The van der Waals surface area contributed by atoms with Crippen LogP contribution < -0.4 is 4.74 Å². The fraction of sp³-hybridized carbons (Fsp3) is 0.200.